The smallest absolute Gasteiger partial charge is 0.259 e. The van der Waals surface area contributed by atoms with Crippen LogP contribution >= 0.6 is 0 Å². The second-order valence-electron chi connectivity index (χ2n) is 7.71. The van der Waals surface area contributed by atoms with Crippen LogP contribution in [-0.2, 0) is 0 Å². The molecule has 0 unspecified atom stereocenters. The molecule has 1 aliphatic carbocycles. The quantitative estimate of drug-likeness (QED) is 0.619. The molecule has 0 aromatic heterocycles. The number of fused-ring (bicyclic) bond motifs is 1. The van der Waals surface area contributed by atoms with Crippen LogP contribution in [0.15, 0.2) is 60.7 Å². The summed E-state index contributed by atoms with van der Waals surface area (Å²) in [6.07, 6.45) is 5.53. The SMILES string of the molecule is COc1cc2ccccc2cc1C(=O)Nc1ccccc1C(=O)NC1CCCCC1. The highest BCUT2D eigenvalue weighted by molar-refractivity contribution is 6.11. The summed E-state index contributed by atoms with van der Waals surface area (Å²) in [7, 11) is 1.55. The molecule has 0 atom stereocenters. The molecule has 1 aliphatic rings. The fraction of sp³-hybridized carbons (Fsp3) is 0.280. The van der Waals surface area contributed by atoms with Crippen molar-refractivity contribution in [3.05, 3.63) is 71.8 Å². The Balaban J connectivity index is 1.58. The highest BCUT2D eigenvalue weighted by Crippen LogP contribution is 2.27. The van der Waals surface area contributed by atoms with Gasteiger partial charge in [-0.05, 0) is 47.9 Å². The van der Waals surface area contributed by atoms with E-state index in [0.717, 1.165) is 36.5 Å². The highest BCUT2D eigenvalue weighted by Gasteiger charge is 2.20. The Bertz CT molecular complexity index is 1070. The number of nitrogens with one attached hydrogen (secondary N) is 2. The van der Waals surface area contributed by atoms with Gasteiger partial charge in [0.2, 0.25) is 0 Å². The van der Waals surface area contributed by atoms with Crippen molar-refractivity contribution >= 4 is 28.3 Å². The van der Waals surface area contributed by atoms with E-state index in [4.69, 9.17) is 4.74 Å². The Morgan fingerprint density at radius 1 is 0.833 bits per heavy atom. The predicted molar refractivity (Wildman–Crippen MR) is 119 cm³/mol. The van der Waals surface area contributed by atoms with Gasteiger partial charge < -0.3 is 15.4 Å². The molecule has 30 heavy (non-hydrogen) atoms. The van der Waals surface area contributed by atoms with E-state index in [9.17, 15) is 9.59 Å². The van der Waals surface area contributed by atoms with Gasteiger partial charge in [0.25, 0.3) is 11.8 Å². The van der Waals surface area contributed by atoms with Gasteiger partial charge in [-0.15, -0.1) is 0 Å². The zero-order valence-corrected chi connectivity index (χ0v) is 17.1. The maximum Gasteiger partial charge on any atom is 0.259 e. The van der Waals surface area contributed by atoms with Gasteiger partial charge in [0, 0.05) is 6.04 Å². The van der Waals surface area contributed by atoms with E-state index >= 15 is 0 Å². The summed E-state index contributed by atoms with van der Waals surface area (Å²) in [5, 5.41) is 7.97. The molecule has 1 fully saturated rings. The molecule has 5 nitrogen and oxygen atoms in total. The number of amides is 2. The number of anilines is 1. The average molecular weight is 402 g/mol. The third kappa shape index (κ3) is 4.30. The number of carbonyl (C=O) groups is 2. The van der Waals surface area contributed by atoms with Crippen LogP contribution in [0.2, 0.25) is 0 Å². The highest BCUT2D eigenvalue weighted by atomic mass is 16.5. The maximum absolute atomic E-state index is 13.1. The molecule has 3 aromatic carbocycles. The van der Waals surface area contributed by atoms with Crippen LogP contribution in [0.25, 0.3) is 10.8 Å². The first kappa shape index (κ1) is 20.0. The van der Waals surface area contributed by atoms with Crippen molar-refractivity contribution < 1.29 is 14.3 Å². The van der Waals surface area contributed by atoms with E-state index in [0.29, 0.717) is 22.6 Å². The van der Waals surface area contributed by atoms with Crippen LogP contribution in [0.5, 0.6) is 5.75 Å². The Labute approximate surface area is 176 Å². The molecule has 5 heteroatoms. The fourth-order valence-corrected chi connectivity index (χ4v) is 4.06. The molecule has 0 spiro atoms. The largest absolute Gasteiger partial charge is 0.496 e. The van der Waals surface area contributed by atoms with Gasteiger partial charge in [0.1, 0.15) is 5.75 Å². The molecule has 2 amide bonds. The van der Waals surface area contributed by atoms with Crippen molar-refractivity contribution in [2.75, 3.05) is 12.4 Å². The summed E-state index contributed by atoms with van der Waals surface area (Å²) in [5.41, 5.74) is 1.39. The number of carbonyl (C=O) groups excluding carboxylic acids is 2. The molecule has 0 radical (unpaired) electrons. The summed E-state index contributed by atoms with van der Waals surface area (Å²) in [6, 6.07) is 18.8. The van der Waals surface area contributed by atoms with Gasteiger partial charge in [-0.3, -0.25) is 9.59 Å². The fourth-order valence-electron chi connectivity index (χ4n) is 4.06. The van der Waals surface area contributed by atoms with E-state index < -0.39 is 0 Å². The van der Waals surface area contributed by atoms with Gasteiger partial charge in [-0.1, -0.05) is 55.7 Å². The lowest BCUT2D eigenvalue weighted by Gasteiger charge is -2.23. The average Bonchev–Trinajstić information content (AvgIpc) is 2.79. The van der Waals surface area contributed by atoms with E-state index in [1.165, 1.54) is 6.42 Å². The Hall–Kier alpha value is -3.34. The number of methoxy groups -OCH3 is 1. The van der Waals surface area contributed by atoms with Crippen molar-refractivity contribution in [2.45, 2.75) is 38.1 Å². The molecule has 1 saturated carbocycles. The molecular formula is C25H26N2O3. The van der Waals surface area contributed by atoms with E-state index in [1.807, 2.05) is 48.5 Å². The lowest BCUT2D eigenvalue weighted by Crippen LogP contribution is -2.36. The summed E-state index contributed by atoms with van der Waals surface area (Å²) < 4.78 is 5.45. The van der Waals surface area contributed by atoms with Crippen molar-refractivity contribution in [2.24, 2.45) is 0 Å². The first-order chi connectivity index (χ1) is 14.7. The van der Waals surface area contributed by atoms with Crippen molar-refractivity contribution in [3.63, 3.8) is 0 Å². The summed E-state index contributed by atoms with van der Waals surface area (Å²) in [5.74, 6) is 0.0362. The zero-order chi connectivity index (χ0) is 20.9. The number of hydrogen-bond donors (Lipinski definition) is 2. The Kier molecular flexibility index (Phi) is 5.98. The lowest BCUT2D eigenvalue weighted by molar-refractivity contribution is 0.0928. The van der Waals surface area contributed by atoms with Crippen molar-refractivity contribution in [3.8, 4) is 5.75 Å². The summed E-state index contributed by atoms with van der Waals surface area (Å²) in [4.78, 5) is 25.9. The first-order valence-electron chi connectivity index (χ1n) is 10.4. The van der Waals surface area contributed by atoms with Gasteiger partial charge in [0.15, 0.2) is 0 Å². The molecule has 0 heterocycles. The standard InChI is InChI=1S/C25H26N2O3/c1-30-23-16-18-10-6-5-9-17(18)15-21(23)25(29)27-22-14-8-7-13-20(22)24(28)26-19-11-3-2-4-12-19/h5-10,13-16,19H,2-4,11-12H2,1H3,(H,26,28)(H,27,29). The second kappa shape index (κ2) is 8.99. The summed E-state index contributed by atoms with van der Waals surface area (Å²) >= 11 is 0. The van der Waals surface area contributed by atoms with Gasteiger partial charge in [0.05, 0.1) is 23.9 Å². The monoisotopic (exact) mass is 402 g/mol. The van der Waals surface area contributed by atoms with Crippen molar-refractivity contribution in [1.82, 2.24) is 5.32 Å². The minimum atomic E-state index is -0.310. The topological polar surface area (TPSA) is 67.4 Å². The molecular weight excluding hydrogens is 376 g/mol. The van der Waals surface area contributed by atoms with Gasteiger partial charge in [-0.25, -0.2) is 0 Å². The normalized spacial score (nSPS) is 14.3. The number of hydrogen-bond acceptors (Lipinski definition) is 3. The third-order valence-corrected chi connectivity index (χ3v) is 5.67. The Morgan fingerprint density at radius 2 is 1.50 bits per heavy atom. The second-order valence-corrected chi connectivity index (χ2v) is 7.71. The van der Waals surface area contributed by atoms with E-state index in [-0.39, 0.29) is 17.9 Å². The molecule has 0 saturated heterocycles. The third-order valence-electron chi connectivity index (χ3n) is 5.67. The minimum absolute atomic E-state index is 0.150. The van der Waals surface area contributed by atoms with Gasteiger partial charge in [-0.2, -0.15) is 0 Å². The number of rotatable bonds is 5. The van der Waals surface area contributed by atoms with Crippen LogP contribution in [0.1, 0.15) is 52.8 Å². The molecule has 0 aliphatic heterocycles. The van der Waals surface area contributed by atoms with Gasteiger partial charge >= 0.3 is 0 Å². The van der Waals surface area contributed by atoms with Crippen LogP contribution in [0.4, 0.5) is 5.69 Å². The summed E-state index contributed by atoms with van der Waals surface area (Å²) in [6.45, 7) is 0. The predicted octanol–water partition coefficient (Wildman–Crippen LogP) is 5.16. The molecule has 2 N–H and O–H groups in total. The number of benzene rings is 3. The molecule has 154 valence electrons. The molecule has 0 bridgehead atoms. The van der Waals surface area contributed by atoms with Crippen LogP contribution in [-0.4, -0.2) is 25.0 Å². The van der Waals surface area contributed by atoms with Crippen LogP contribution < -0.4 is 15.4 Å². The van der Waals surface area contributed by atoms with Crippen molar-refractivity contribution in [1.29, 1.82) is 0 Å². The minimum Gasteiger partial charge on any atom is -0.496 e. The zero-order valence-electron chi connectivity index (χ0n) is 17.1. The van der Waals surface area contributed by atoms with E-state index in [2.05, 4.69) is 10.6 Å². The molecule has 4 rings (SSSR count). The lowest BCUT2D eigenvalue weighted by atomic mass is 9.95. The van der Waals surface area contributed by atoms with E-state index in [1.54, 1.807) is 19.2 Å². The van der Waals surface area contributed by atoms with Crippen LogP contribution in [0.3, 0.4) is 0 Å². The first-order valence-corrected chi connectivity index (χ1v) is 10.4. The Morgan fingerprint density at radius 3 is 2.23 bits per heavy atom. The number of ether oxygens (including phenoxy) is 1. The number of para-hydroxylation sites is 1. The van der Waals surface area contributed by atoms with Crippen LogP contribution in [0, 0.1) is 0 Å². The maximum atomic E-state index is 13.1. The molecule has 3 aromatic rings.